The second-order valence-corrected chi connectivity index (χ2v) is 10.0. The van der Waals surface area contributed by atoms with E-state index in [1.54, 1.807) is 23.6 Å². The molecular weight excluding hydrogens is 392 g/mol. The van der Waals surface area contributed by atoms with Crippen LogP contribution in [0.25, 0.3) is 0 Å². The summed E-state index contributed by atoms with van der Waals surface area (Å²) in [5, 5.41) is 3.00. The number of nitrogens with zero attached hydrogens (tertiary/aromatic N) is 1. The molecule has 4 nitrogen and oxygen atoms in total. The molecule has 0 aliphatic heterocycles. The predicted octanol–water partition coefficient (Wildman–Crippen LogP) is 5.12. The van der Waals surface area contributed by atoms with E-state index in [9.17, 15) is 9.59 Å². The maximum Gasteiger partial charge on any atom is 0.242 e. The molecule has 0 fully saturated rings. The molecule has 0 aliphatic rings. The van der Waals surface area contributed by atoms with Gasteiger partial charge in [0.2, 0.25) is 11.8 Å². The summed E-state index contributed by atoms with van der Waals surface area (Å²) >= 11 is 1.67. The second-order valence-electron chi connectivity index (χ2n) is 8.83. The predicted molar refractivity (Wildman–Crippen MR) is 126 cm³/mol. The van der Waals surface area contributed by atoms with Gasteiger partial charge in [0, 0.05) is 29.2 Å². The quantitative estimate of drug-likeness (QED) is 0.596. The van der Waals surface area contributed by atoms with Crippen LogP contribution in [0.15, 0.2) is 53.4 Å². The molecule has 0 aromatic heterocycles. The van der Waals surface area contributed by atoms with E-state index < -0.39 is 6.04 Å². The normalized spacial score (nSPS) is 12.3. The van der Waals surface area contributed by atoms with Crippen LogP contribution < -0.4 is 5.32 Å². The first-order chi connectivity index (χ1) is 14.0. The van der Waals surface area contributed by atoms with Crippen LogP contribution in [0, 0.1) is 13.8 Å². The highest BCUT2D eigenvalue weighted by molar-refractivity contribution is 7.99. The molecule has 162 valence electrons. The molecule has 30 heavy (non-hydrogen) atoms. The molecule has 0 heterocycles. The molecule has 2 amide bonds. The first-order valence-corrected chi connectivity index (χ1v) is 11.4. The van der Waals surface area contributed by atoms with Crippen molar-refractivity contribution in [1.82, 2.24) is 10.2 Å². The maximum atomic E-state index is 13.1. The van der Waals surface area contributed by atoms with Crippen molar-refractivity contribution in [3.05, 3.63) is 65.2 Å². The van der Waals surface area contributed by atoms with Gasteiger partial charge in [0.25, 0.3) is 0 Å². The van der Waals surface area contributed by atoms with Gasteiger partial charge in [-0.2, -0.15) is 0 Å². The number of thioether (sulfide) groups is 1. The number of aryl methyl sites for hydroxylation is 2. The molecule has 0 radical (unpaired) electrons. The Morgan fingerprint density at radius 2 is 1.50 bits per heavy atom. The first kappa shape index (κ1) is 24.0. The lowest BCUT2D eigenvalue weighted by atomic mass is 10.1. The number of carbonyl (C=O) groups is 2. The summed E-state index contributed by atoms with van der Waals surface area (Å²) in [5.41, 5.74) is 3.07. The van der Waals surface area contributed by atoms with Crippen LogP contribution in [0.3, 0.4) is 0 Å². The Hall–Kier alpha value is -2.27. The molecule has 1 atom stereocenters. The molecule has 0 unspecified atom stereocenters. The SMILES string of the molecule is Cc1ccc(CN(C(=O)CCSc2ccc(C)cc2)[C@@H](C)C(=O)NC(C)(C)C)cc1. The van der Waals surface area contributed by atoms with Crippen molar-refractivity contribution in [2.75, 3.05) is 5.75 Å². The Balaban J connectivity index is 2.08. The molecule has 2 aromatic carbocycles. The van der Waals surface area contributed by atoms with Crippen LogP contribution in [-0.2, 0) is 16.1 Å². The van der Waals surface area contributed by atoms with Gasteiger partial charge in [-0.1, -0.05) is 47.5 Å². The van der Waals surface area contributed by atoms with Gasteiger partial charge in [-0.25, -0.2) is 0 Å². The fourth-order valence-corrected chi connectivity index (χ4v) is 3.82. The minimum Gasteiger partial charge on any atom is -0.350 e. The Labute approximate surface area is 185 Å². The van der Waals surface area contributed by atoms with Crippen molar-refractivity contribution < 1.29 is 9.59 Å². The summed E-state index contributed by atoms with van der Waals surface area (Å²) in [6.07, 6.45) is 0.386. The van der Waals surface area contributed by atoms with Crippen LogP contribution in [0.4, 0.5) is 0 Å². The standard InChI is InChI=1S/C25H34N2O2S/c1-18-7-11-21(12-8-18)17-27(20(3)24(29)26-25(4,5)6)23(28)15-16-30-22-13-9-19(2)10-14-22/h7-14,20H,15-17H2,1-6H3,(H,26,29)/t20-/m0/s1. The smallest absolute Gasteiger partial charge is 0.242 e. The largest absolute Gasteiger partial charge is 0.350 e. The van der Waals surface area contributed by atoms with Crippen molar-refractivity contribution >= 4 is 23.6 Å². The van der Waals surface area contributed by atoms with E-state index in [1.807, 2.05) is 52.0 Å². The lowest BCUT2D eigenvalue weighted by molar-refractivity contribution is -0.140. The van der Waals surface area contributed by atoms with E-state index in [2.05, 4.69) is 36.5 Å². The summed E-state index contributed by atoms with van der Waals surface area (Å²) in [5.74, 6) is 0.542. The number of rotatable bonds is 8. The molecule has 0 bridgehead atoms. The molecular formula is C25H34N2O2S. The highest BCUT2D eigenvalue weighted by Gasteiger charge is 2.28. The number of benzene rings is 2. The fraction of sp³-hybridized carbons (Fsp3) is 0.440. The van der Waals surface area contributed by atoms with E-state index in [4.69, 9.17) is 0 Å². The van der Waals surface area contributed by atoms with Crippen molar-refractivity contribution in [2.24, 2.45) is 0 Å². The van der Waals surface area contributed by atoms with Gasteiger partial charge in [-0.05, 0) is 59.2 Å². The minimum absolute atomic E-state index is 0.00764. The summed E-state index contributed by atoms with van der Waals surface area (Å²) in [6.45, 7) is 12.2. The topological polar surface area (TPSA) is 49.4 Å². The lowest BCUT2D eigenvalue weighted by Crippen LogP contribution is -2.52. The average molecular weight is 427 g/mol. The Morgan fingerprint density at radius 1 is 0.967 bits per heavy atom. The zero-order chi connectivity index (χ0) is 22.3. The maximum absolute atomic E-state index is 13.1. The average Bonchev–Trinajstić information content (AvgIpc) is 2.67. The second kappa shape index (κ2) is 10.7. The number of nitrogens with one attached hydrogen (secondary N) is 1. The van der Waals surface area contributed by atoms with Gasteiger partial charge in [0.1, 0.15) is 6.04 Å². The van der Waals surface area contributed by atoms with Gasteiger partial charge >= 0.3 is 0 Å². The number of hydrogen-bond donors (Lipinski definition) is 1. The zero-order valence-electron chi connectivity index (χ0n) is 19.0. The molecule has 2 aromatic rings. The third-order valence-corrected chi connectivity index (χ3v) is 5.76. The highest BCUT2D eigenvalue weighted by Crippen LogP contribution is 2.20. The van der Waals surface area contributed by atoms with Crippen LogP contribution in [0.5, 0.6) is 0 Å². The Morgan fingerprint density at radius 3 is 2.03 bits per heavy atom. The van der Waals surface area contributed by atoms with Gasteiger partial charge < -0.3 is 10.2 Å². The van der Waals surface area contributed by atoms with E-state index in [0.717, 1.165) is 10.5 Å². The molecule has 0 saturated heterocycles. The third kappa shape index (κ3) is 7.86. The fourth-order valence-electron chi connectivity index (χ4n) is 2.98. The Bertz CT molecular complexity index is 839. The molecule has 1 N–H and O–H groups in total. The summed E-state index contributed by atoms with van der Waals surface area (Å²) in [7, 11) is 0. The monoisotopic (exact) mass is 426 g/mol. The molecule has 5 heteroatoms. The highest BCUT2D eigenvalue weighted by atomic mass is 32.2. The van der Waals surface area contributed by atoms with Gasteiger partial charge in [0.15, 0.2) is 0 Å². The third-order valence-electron chi connectivity index (χ3n) is 4.74. The zero-order valence-corrected chi connectivity index (χ0v) is 19.8. The summed E-state index contributed by atoms with van der Waals surface area (Å²) < 4.78 is 0. The van der Waals surface area contributed by atoms with E-state index >= 15 is 0 Å². The lowest BCUT2D eigenvalue weighted by Gasteiger charge is -2.31. The molecule has 0 spiro atoms. The van der Waals surface area contributed by atoms with Gasteiger partial charge in [-0.15, -0.1) is 11.8 Å². The number of carbonyl (C=O) groups excluding carboxylic acids is 2. The van der Waals surface area contributed by atoms with Gasteiger partial charge in [0.05, 0.1) is 0 Å². The van der Waals surface area contributed by atoms with Crippen molar-refractivity contribution in [1.29, 1.82) is 0 Å². The van der Waals surface area contributed by atoms with E-state index in [-0.39, 0.29) is 17.4 Å². The first-order valence-electron chi connectivity index (χ1n) is 10.4. The van der Waals surface area contributed by atoms with Crippen molar-refractivity contribution in [3.63, 3.8) is 0 Å². The molecule has 0 aliphatic carbocycles. The molecule has 2 rings (SSSR count). The molecule has 0 saturated carbocycles. The van der Waals surface area contributed by atoms with Crippen molar-refractivity contribution in [2.45, 2.75) is 71.0 Å². The Kier molecular flexibility index (Phi) is 8.54. The van der Waals surface area contributed by atoms with Crippen molar-refractivity contribution in [3.8, 4) is 0 Å². The number of amides is 2. The van der Waals surface area contributed by atoms with Crippen LogP contribution in [-0.4, -0.2) is 34.0 Å². The van der Waals surface area contributed by atoms with E-state index in [1.165, 1.54) is 11.1 Å². The minimum atomic E-state index is -0.539. The number of hydrogen-bond acceptors (Lipinski definition) is 3. The summed E-state index contributed by atoms with van der Waals surface area (Å²) in [4.78, 5) is 28.7. The van der Waals surface area contributed by atoms with E-state index in [0.29, 0.717) is 18.7 Å². The van der Waals surface area contributed by atoms with Crippen LogP contribution in [0.2, 0.25) is 0 Å². The summed E-state index contributed by atoms with van der Waals surface area (Å²) in [6, 6.07) is 15.9. The van der Waals surface area contributed by atoms with Crippen LogP contribution >= 0.6 is 11.8 Å². The van der Waals surface area contributed by atoms with Gasteiger partial charge in [-0.3, -0.25) is 9.59 Å². The van der Waals surface area contributed by atoms with Crippen LogP contribution in [0.1, 0.15) is 50.8 Å².